The summed E-state index contributed by atoms with van der Waals surface area (Å²) in [6, 6.07) is 9.17. The van der Waals surface area contributed by atoms with E-state index in [1.165, 1.54) is 38.3 Å². The van der Waals surface area contributed by atoms with Crippen molar-refractivity contribution >= 4 is 11.1 Å². The van der Waals surface area contributed by atoms with Crippen LogP contribution in [0.5, 0.6) is 0 Å². The maximum Gasteiger partial charge on any atom is 0.0134 e. The van der Waals surface area contributed by atoms with Gasteiger partial charge >= 0.3 is 0 Å². The molecule has 4 atom stereocenters. The van der Waals surface area contributed by atoms with Crippen LogP contribution in [-0.2, 0) is 0 Å². The van der Waals surface area contributed by atoms with E-state index in [1.807, 2.05) is 0 Å². The Hall–Kier alpha value is -3.64. The summed E-state index contributed by atoms with van der Waals surface area (Å²) in [6.45, 7) is 0. The first kappa shape index (κ1) is 21.6. The second-order valence-electron chi connectivity index (χ2n) is 10.6. The van der Waals surface area contributed by atoms with Gasteiger partial charge < -0.3 is 0 Å². The molecular weight excluding hydrogens is 432 g/mol. The van der Waals surface area contributed by atoms with Gasteiger partial charge in [0.1, 0.15) is 0 Å². The minimum absolute atomic E-state index is 0.403. The maximum absolute atomic E-state index is 2.45. The highest BCUT2D eigenvalue weighted by atomic mass is 14.4. The highest BCUT2D eigenvalue weighted by Crippen LogP contribution is 2.44. The van der Waals surface area contributed by atoms with Crippen LogP contribution in [0.25, 0.3) is 11.1 Å². The number of fused-ring (bicyclic) bond motifs is 3. The Labute approximate surface area is 214 Å². The molecule has 0 heterocycles. The normalized spacial score (nSPS) is 29.7. The molecule has 0 spiro atoms. The molecule has 4 unspecified atom stereocenters. The first-order valence-electron chi connectivity index (χ1n) is 13.6. The van der Waals surface area contributed by atoms with Gasteiger partial charge in [0.15, 0.2) is 0 Å². The summed E-state index contributed by atoms with van der Waals surface area (Å²) < 4.78 is 0. The monoisotopic (exact) mass is 464 g/mol. The molecule has 0 bridgehead atoms. The highest BCUT2D eigenvalue weighted by Gasteiger charge is 2.34. The Morgan fingerprint density at radius 3 is 1.78 bits per heavy atom. The van der Waals surface area contributed by atoms with E-state index in [4.69, 9.17) is 0 Å². The lowest BCUT2D eigenvalue weighted by Crippen LogP contribution is -2.40. The molecule has 0 radical (unpaired) electrons. The highest BCUT2D eigenvalue weighted by molar-refractivity contribution is 5.81. The molecule has 1 aromatic carbocycles. The van der Waals surface area contributed by atoms with Gasteiger partial charge in [-0.2, -0.15) is 0 Å². The predicted molar refractivity (Wildman–Crippen MR) is 152 cm³/mol. The van der Waals surface area contributed by atoms with Gasteiger partial charge in [0.25, 0.3) is 0 Å². The Balaban J connectivity index is 1.36. The lowest BCUT2D eigenvalue weighted by atomic mass is 9.67. The minimum atomic E-state index is 0.403. The van der Waals surface area contributed by atoms with Gasteiger partial charge in [-0.05, 0) is 69.6 Å². The number of rotatable bonds is 3. The van der Waals surface area contributed by atoms with E-state index in [-0.39, 0.29) is 0 Å². The Kier molecular flexibility index (Phi) is 5.47. The molecule has 0 aliphatic heterocycles. The van der Waals surface area contributed by atoms with Crippen molar-refractivity contribution in [3.63, 3.8) is 0 Å². The van der Waals surface area contributed by atoms with E-state index in [2.05, 4.69) is 121 Å². The van der Waals surface area contributed by atoms with E-state index in [1.54, 1.807) is 5.57 Å². The van der Waals surface area contributed by atoms with Crippen molar-refractivity contribution < 1.29 is 0 Å². The molecule has 0 saturated carbocycles. The van der Waals surface area contributed by atoms with Crippen LogP contribution in [0.3, 0.4) is 0 Å². The number of hydrogen-bond donors (Lipinski definition) is 0. The molecule has 6 aliphatic carbocycles. The van der Waals surface area contributed by atoms with Gasteiger partial charge in [0.05, 0.1) is 0 Å². The first-order valence-corrected chi connectivity index (χ1v) is 13.6. The second kappa shape index (κ2) is 9.10. The fraction of sp³-hybridized carbons (Fsp3) is 0.222. The molecule has 176 valence electrons. The summed E-state index contributed by atoms with van der Waals surface area (Å²) in [5.74, 6) is 1.80. The van der Waals surface area contributed by atoms with Crippen LogP contribution in [0.2, 0.25) is 0 Å². The molecule has 0 amide bonds. The molecule has 0 saturated heterocycles. The number of benzene rings is 1. The standard InChI is InChI=1S/C36H32/c1-2-12-27(13-3-1)35-31-16-6-8-18-33(31)36(34-19-9-7-17-32(34)35)28-23-21-26(22-24-28)30-20-10-14-25-11-4-5-15-29(25)30/h1-2,4-12,14-21,23,25,29,31,33H,3,13,22,24H2. The molecule has 0 nitrogen and oxygen atoms in total. The largest absolute Gasteiger partial charge is 0.0842 e. The smallest absolute Gasteiger partial charge is 0.0134 e. The zero-order chi connectivity index (χ0) is 23.9. The summed E-state index contributed by atoms with van der Waals surface area (Å²) >= 11 is 0. The third-order valence-electron chi connectivity index (χ3n) is 8.68. The van der Waals surface area contributed by atoms with Crippen molar-refractivity contribution in [2.75, 3.05) is 0 Å². The van der Waals surface area contributed by atoms with Crippen molar-refractivity contribution in [2.45, 2.75) is 25.7 Å². The van der Waals surface area contributed by atoms with Crippen LogP contribution in [0.15, 0.2) is 144 Å². The van der Waals surface area contributed by atoms with Crippen LogP contribution >= 0.6 is 0 Å². The fourth-order valence-electron chi connectivity index (χ4n) is 7.01. The Morgan fingerprint density at radius 2 is 1.11 bits per heavy atom. The Bertz CT molecular complexity index is 1530. The predicted octanol–water partition coefficient (Wildman–Crippen LogP) is 7.14. The molecule has 36 heavy (non-hydrogen) atoms. The van der Waals surface area contributed by atoms with E-state index in [0.29, 0.717) is 23.7 Å². The molecule has 7 rings (SSSR count). The third-order valence-corrected chi connectivity index (χ3v) is 8.68. The van der Waals surface area contributed by atoms with E-state index in [9.17, 15) is 0 Å². The van der Waals surface area contributed by atoms with Crippen molar-refractivity contribution in [3.05, 3.63) is 154 Å². The molecular formula is C36H32. The van der Waals surface area contributed by atoms with Gasteiger partial charge in [-0.3, -0.25) is 0 Å². The minimum Gasteiger partial charge on any atom is -0.0842 e. The summed E-state index contributed by atoms with van der Waals surface area (Å²) in [5.41, 5.74) is 9.11. The SMILES string of the molecule is C1=CCCC(C2=c3ccccc3=C(C3=CC=C(C4=CC=CC5C=CC=CC45)CC3)C3C=CC=CC23)=C1. The average Bonchev–Trinajstić information content (AvgIpc) is 2.96. The number of allylic oxidation sites excluding steroid dienone is 20. The average molecular weight is 465 g/mol. The molecule has 0 aromatic heterocycles. The summed E-state index contributed by atoms with van der Waals surface area (Å²) in [6.07, 6.45) is 41.7. The molecule has 1 aromatic rings. The Morgan fingerprint density at radius 1 is 0.500 bits per heavy atom. The van der Waals surface area contributed by atoms with Crippen molar-refractivity contribution in [2.24, 2.45) is 23.7 Å². The van der Waals surface area contributed by atoms with Gasteiger partial charge in [0.2, 0.25) is 0 Å². The molecule has 6 aliphatic rings. The van der Waals surface area contributed by atoms with Crippen molar-refractivity contribution in [3.8, 4) is 0 Å². The summed E-state index contributed by atoms with van der Waals surface area (Å²) in [4.78, 5) is 0. The molecule has 0 heteroatoms. The topological polar surface area (TPSA) is 0 Å². The zero-order valence-corrected chi connectivity index (χ0v) is 20.7. The maximum atomic E-state index is 2.45. The van der Waals surface area contributed by atoms with E-state index < -0.39 is 0 Å². The van der Waals surface area contributed by atoms with Crippen LogP contribution < -0.4 is 10.4 Å². The van der Waals surface area contributed by atoms with Crippen molar-refractivity contribution in [1.82, 2.24) is 0 Å². The van der Waals surface area contributed by atoms with Crippen LogP contribution in [0.1, 0.15) is 25.7 Å². The van der Waals surface area contributed by atoms with E-state index >= 15 is 0 Å². The van der Waals surface area contributed by atoms with Gasteiger partial charge in [-0.1, -0.05) is 121 Å². The second-order valence-corrected chi connectivity index (χ2v) is 10.6. The zero-order valence-electron chi connectivity index (χ0n) is 20.7. The van der Waals surface area contributed by atoms with Crippen LogP contribution in [0, 0.1) is 23.7 Å². The first-order chi connectivity index (χ1) is 17.9. The molecule has 0 fully saturated rings. The third kappa shape index (κ3) is 3.59. The molecule has 0 N–H and O–H groups in total. The van der Waals surface area contributed by atoms with Crippen LogP contribution in [0.4, 0.5) is 0 Å². The summed E-state index contributed by atoms with van der Waals surface area (Å²) in [5, 5.41) is 2.88. The van der Waals surface area contributed by atoms with Gasteiger partial charge in [-0.25, -0.2) is 0 Å². The van der Waals surface area contributed by atoms with Gasteiger partial charge in [-0.15, -0.1) is 0 Å². The summed E-state index contributed by atoms with van der Waals surface area (Å²) in [7, 11) is 0. The quantitative estimate of drug-likeness (QED) is 0.446. The fourth-order valence-corrected chi connectivity index (χ4v) is 7.01. The van der Waals surface area contributed by atoms with Crippen LogP contribution in [-0.4, -0.2) is 0 Å². The van der Waals surface area contributed by atoms with E-state index in [0.717, 1.165) is 25.7 Å². The lowest BCUT2D eigenvalue weighted by Gasteiger charge is -2.36. The number of hydrogen-bond acceptors (Lipinski definition) is 0. The lowest BCUT2D eigenvalue weighted by molar-refractivity contribution is 0.621. The van der Waals surface area contributed by atoms with Crippen molar-refractivity contribution in [1.29, 1.82) is 0 Å². The van der Waals surface area contributed by atoms with Gasteiger partial charge in [0, 0.05) is 23.7 Å².